The first-order chi connectivity index (χ1) is 18.3. The number of ether oxygens (including phenoxy) is 2. The Hall–Kier alpha value is -3.84. The normalized spacial score (nSPS) is 13.9. The van der Waals surface area contributed by atoms with Crippen LogP contribution in [0.4, 0.5) is 16.2 Å². The number of nitrogens with one attached hydrogen (secondary N) is 2. The van der Waals surface area contributed by atoms with Gasteiger partial charge in [-0.3, -0.25) is 24.1 Å². The first kappa shape index (κ1) is 27.2. The van der Waals surface area contributed by atoms with Crippen LogP contribution in [0.2, 0.25) is 0 Å². The summed E-state index contributed by atoms with van der Waals surface area (Å²) in [6, 6.07) is 21.1. The van der Waals surface area contributed by atoms with E-state index in [1.54, 1.807) is 42.5 Å². The predicted octanol–water partition coefficient (Wildman–Crippen LogP) is 4.99. The van der Waals surface area contributed by atoms with E-state index in [1.165, 1.54) is 13.2 Å². The second-order valence-electron chi connectivity index (χ2n) is 7.94. The highest BCUT2D eigenvalue weighted by Crippen LogP contribution is 2.34. The summed E-state index contributed by atoms with van der Waals surface area (Å²) in [6.45, 7) is -0.622. The number of imide groups is 1. The third-order valence-electron chi connectivity index (χ3n) is 5.21. The molecule has 194 valence electrons. The fraction of sp³-hybridized carbons (Fsp3) is 0.111. The molecule has 0 saturated carbocycles. The van der Waals surface area contributed by atoms with Gasteiger partial charge in [-0.2, -0.15) is 0 Å². The number of hydrogen-bond acceptors (Lipinski definition) is 7. The lowest BCUT2D eigenvalue weighted by molar-refractivity contribution is -0.127. The van der Waals surface area contributed by atoms with Crippen molar-refractivity contribution >= 4 is 74.8 Å². The Labute approximate surface area is 236 Å². The van der Waals surface area contributed by atoms with Gasteiger partial charge in [-0.05, 0) is 94.5 Å². The van der Waals surface area contributed by atoms with Gasteiger partial charge in [-0.1, -0.05) is 24.3 Å². The second-order valence-corrected chi connectivity index (χ2v) is 10.2. The number of halogens is 1. The highest BCUT2D eigenvalue weighted by molar-refractivity contribution is 14.1. The lowest BCUT2D eigenvalue weighted by Gasteiger charge is -2.13. The molecule has 0 spiro atoms. The van der Waals surface area contributed by atoms with Crippen LogP contribution in [-0.4, -0.2) is 48.1 Å². The Morgan fingerprint density at radius 3 is 2.32 bits per heavy atom. The molecule has 0 unspecified atom stereocenters. The van der Waals surface area contributed by atoms with Gasteiger partial charge in [0.15, 0.2) is 18.1 Å². The summed E-state index contributed by atoms with van der Waals surface area (Å²) in [5.74, 6) is -0.679. The molecule has 0 aromatic heterocycles. The summed E-state index contributed by atoms with van der Waals surface area (Å²) in [5.41, 5.74) is 1.81. The highest BCUT2D eigenvalue weighted by Gasteiger charge is 2.36. The molecular formula is C27H22IN3O6S. The van der Waals surface area contributed by atoms with Crippen molar-refractivity contribution in [3.63, 3.8) is 0 Å². The van der Waals surface area contributed by atoms with E-state index in [-0.39, 0.29) is 17.4 Å². The molecule has 1 aliphatic rings. The van der Waals surface area contributed by atoms with Crippen LogP contribution < -0.4 is 20.1 Å². The summed E-state index contributed by atoms with van der Waals surface area (Å²) >= 11 is 2.90. The number of amides is 4. The van der Waals surface area contributed by atoms with Crippen molar-refractivity contribution in [1.29, 1.82) is 0 Å². The number of anilines is 2. The fourth-order valence-electron chi connectivity index (χ4n) is 3.42. The minimum absolute atomic E-state index is 0.176. The number of benzene rings is 3. The zero-order valence-corrected chi connectivity index (χ0v) is 23.1. The van der Waals surface area contributed by atoms with Crippen molar-refractivity contribution in [2.24, 2.45) is 0 Å². The lowest BCUT2D eigenvalue weighted by Crippen LogP contribution is -2.36. The standard InChI is InChI=1S/C27H22IN3O6S/c1-36-22-13-17(7-12-21(22)37-16-25(33)30-19-5-3-2-4-6-19)14-23-26(34)31(27(35)38-23)15-24(32)29-20-10-8-18(28)9-11-20/h2-14H,15-16H2,1H3,(H,29,32)(H,30,33)/b23-14-. The number of carbonyl (C=O) groups is 4. The van der Waals surface area contributed by atoms with Crippen LogP contribution >= 0.6 is 34.4 Å². The Bertz CT molecular complexity index is 1400. The molecule has 0 radical (unpaired) electrons. The van der Waals surface area contributed by atoms with Gasteiger partial charge in [0, 0.05) is 14.9 Å². The van der Waals surface area contributed by atoms with Crippen LogP contribution in [0.5, 0.6) is 11.5 Å². The highest BCUT2D eigenvalue weighted by atomic mass is 127. The van der Waals surface area contributed by atoms with Crippen LogP contribution in [0.15, 0.2) is 77.7 Å². The van der Waals surface area contributed by atoms with Gasteiger partial charge in [0.2, 0.25) is 5.91 Å². The van der Waals surface area contributed by atoms with Gasteiger partial charge in [0.05, 0.1) is 12.0 Å². The SMILES string of the molecule is COc1cc(/C=C2\SC(=O)N(CC(=O)Nc3ccc(I)cc3)C2=O)ccc1OCC(=O)Nc1ccccc1. The molecule has 4 amide bonds. The van der Waals surface area contributed by atoms with E-state index in [2.05, 4.69) is 33.2 Å². The fourth-order valence-corrected chi connectivity index (χ4v) is 4.62. The van der Waals surface area contributed by atoms with E-state index < -0.39 is 23.6 Å². The van der Waals surface area contributed by atoms with E-state index in [1.807, 2.05) is 30.3 Å². The Kier molecular flexibility index (Phi) is 9.02. The van der Waals surface area contributed by atoms with Crippen molar-refractivity contribution in [3.05, 3.63) is 86.8 Å². The molecule has 0 bridgehead atoms. The number of nitrogens with zero attached hydrogens (tertiary/aromatic N) is 1. The smallest absolute Gasteiger partial charge is 0.294 e. The van der Waals surface area contributed by atoms with E-state index >= 15 is 0 Å². The summed E-state index contributed by atoms with van der Waals surface area (Å²) in [6.07, 6.45) is 1.54. The number of hydrogen-bond donors (Lipinski definition) is 2. The van der Waals surface area contributed by atoms with E-state index in [9.17, 15) is 19.2 Å². The molecule has 1 aliphatic heterocycles. The Morgan fingerprint density at radius 2 is 1.61 bits per heavy atom. The predicted molar refractivity (Wildman–Crippen MR) is 154 cm³/mol. The van der Waals surface area contributed by atoms with Gasteiger partial charge in [0.1, 0.15) is 6.54 Å². The van der Waals surface area contributed by atoms with Crippen LogP contribution in [0.1, 0.15) is 5.56 Å². The van der Waals surface area contributed by atoms with Gasteiger partial charge in [-0.15, -0.1) is 0 Å². The number of methoxy groups -OCH3 is 1. The molecule has 1 heterocycles. The molecule has 1 fully saturated rings. The molecule has 3 aromatic rings. The zero-order chi connectivity index (χ0) is 27.1. The van der Waals surface area contributed by atoms with Crippen LogP contribution in [0, 0.1) is 3.57 Å². The van der Waals surface area contributed by atoms with Crippen molar-refractivity contribution in [1.82, 2.24) is 4.90 Å². The number of rotatable bonds is 9. The van der Waals surface area contributed by atoms with Crippen molar-refractivity contribution in [3.8, 4) is 11.5 Å². The molecule has 11 heteroatoms. The van der Waals surface area contributed by atoms with Crippen LogP contribution in [0.25, 0.3) is 6.08 Å². The number of carbonyl (C=O) groups excluding carboxylic acids is 4. The molecule has 0 aliphatic carbocycles. The third kappa shape index (κ3) is 7.13. The van der Waals surface area contributed by atoms with Gasteiger partial charge in [-0.25, -0.2) is 0 Å². The summed E-state index contributed by atoms with van der Waals surface area (Å²) in [7, 11) is 1.45. The van der Waals surface area contributed by atoms with E-state index in [4.69, 9.17) is 9.47 Å². The Morgan fingerprint density at radius 1 is 0.921 bits per heavy atom. The molecule has 2 N–H and O–H groups in total. The van der Waals surface area contributed by atoms with Crippen molar-refractivity contribution < 1.29 is 28.7 Å². The summed E-state index contributed by atoms with van der Waals surface area (Å²) in [5, 5.41) is 4.88. The molecule has 0 atom stereocenters. The molecule has 38 heavy (non-hydrogen) atoms. The van der Waals surface area contributed by atoms with Crippen molar-refractivity contribution in [2.45, 2.75) is 0 Å². The molecule has 4 rings (SSSR count). The molecule has 3 aromatic carbocycles. The van der Waals surface area contributed by atoms with Gasteiger partial charge in [0.25, 0.3) is 17.1 Å². The van der Waals surface area contributed by atoms with Crippen molar-refractivity contribution in [2.75, 3.05) is 30.9 Å². The Balaban J connectivity index is 1.38. The second kappa shape index (κ2) is 12.6. The van der Waals surface area contributed by atoms with Gasteiger partial charge >= 0.3 is 0 Å². The zero-order valence-electron chi connectivity index (χ0n) is 20.1. The molecular weight excluding hydrogens is 621 g/mol. The summed E-state index contributed by atoms with van der Waals surface area (Å²) < 4.78 is 12.0. The molecule has 1 saturated heterocycles. The maximum absolute atomic E-state index is 12.8. The van der Waals surface area contributed by atoms with E-state index in [0.717, 1.165) is 20.2 Å². The minimum Gasteiger partial charge on any atom is -0.493 e. The average molecular weight is 643 g/mol. The first-order valence-electron chi connectivity index (χ1n) is 11.3. The van der Waals surface area contributed by atoms with Crippen LogP contribution in [0.3, 0.4) is 0 Å². The minimum atomic E-state index is -0.561. The topological polar surface area (TPSA) is 114 Å². The monoisotopic (exact) mass is 643 g/mol. The maximum atomic E-state index is 12.8. The first-order valence-corrected chi connectivity index (χ1v) is 13.2. The molecule has 9 nitrogen and oxygen atoms in total. The third-order valence-corrected chi connectivity index (χ3v) is 6.83. The average Bonchev–Trinajstić information content (AvgIpc) is 3.16. The number of thioether (sulfide) groups is 1. The quantitative estimate of drug-likeness (QED) is 0.250. The van der Waals surface area contributed by atoms with Crippen LogP contribution in [-0.2, 0) is 14.4 Å². The summed E-state index contributed by atoms with van der Waals surface area (Å²) in [4.78, 5) is 50.9. The lowest BCUT2D eigenvalue weighted by atomic mass is 10.2. The van der Waals surface area contributed by atoms with Gasteiger partial charge < -0.3 is 20.1 Å². The maximum Gasteiger partial charge on any atom is 0.294 e. The van der Waals surface area contributed by atoms with E-state index in [0.29, 0.717) is 28.4 Å². The number of para-hydroxylation sites is 1. The largest absolute Gasteiger partial charge is 0.493 e.